The molecule has 1 saturated carbocycles. The van der Waals surface area contributed by atoms with Gasteiger partial charge in [0.1, 0.15) is 0 Å². The first kappa shape index (κ1) is 14.2. The van der Waals surface area contributed by atoms with Crippen molar-refractivity contribution in [1.82, 2.24) is 5.32 Å². The van der Waals surface area contributed by atoms with Crippen molar-refractivity contribution in [2.24, 2.45) is 11.8 Å². The molecule has 1 aromatic rings. The molecule has 1 N–H and O–H groups in total. The second-order valence-corrected chi connectivity index (χ2v) is 6.42. The lowest BCUT2D eigenvalue weighted by Gasteiger charge is -2.21. The topological polar surface area (TPSA) is 12.0 Å². The molecular weight excluding hydrogens is 265 g/mol. The fourth-order valence-corrected chi connectivity index (χ4v) is 2.48. The lowest BCUT2D eigenvalue weighted by atomic mass is 9.89. The number of benzene rings is 1. The Kier molecular flexibility index (Phi) is 4.94. The van der Waals surface area contributed by atoms with Gasteiger partial charge in [0.05, 0.1) is 0 Å². The maximum absolute atomic E-state index is 6.21. The van der Waals surface area contributed by atoms with E-state index in [4.69, 9.17) is 23.2 Å². The van der Waals surface area contributed by atoms with Gasteiger partial charge >= 0.3 is 0 Å². The average molecular weight is 286 g/mol. The summed E-state index contributed by atoms with van der Waals surface area (Å²) in [5.41, 5.74) is 1.16. The predicted molar refractivity (Wildman–Crippen MR) is 79.5 cm³/mol. The molecule has 0 radical (unpaired) electrons. The Morgan fingerprint density at radius 3 is 2.61 bits per heavy atom. The molecule has 100 valence electrons. The molecule has 2 unspecified atom stereocenters. The Hall–Kier alpha value is -0.240. The van der Waals surface area contributed by atoms with Crippen LogP contribution in [0.3, 0.4) is 0 Å². The minimum atomic E-state index is 0.604. The summed E-state index contributed by atoms with van der Waals surface area (Å²) in [7, 11) is 0. The van der Waals surface area contributed by atoms with E-state index in [9.17, 15) is 0 Å². The first-order valence-electron chi connectivity index (χ1n) is 6.73. The first-order chi connectivity index (χ1) is 8.56. The van der Waals surface area contributed by atoms with Crippen LogP contribution < -0.4 is 5.32 Å². The summed E-state index contributed by atoms with van der Waals surface area (Å²) >= 11 is 12.2. The third kappa shape index (κ3) is 4.15. The molecule has 1 aliphatic rings. The van der Waals surface area contributed by atoms with Crippen LogP contribution >= 0.6 is 23.2 Å². The number of nitrogens with one attached hydrogen (secondary N) is 1. The van der Waals surface area contributed by atoms with Gasteiger partial charge in [-0.3, -0.25) is 0 Å². The molecule has 1 nitrogen and oxygen atoms in total. The van der Waals surface area contributed by atoms with Crippen molar-refractivity contribution in [2.75, 3.05) is 6.54 Å². The molecule has 0 bridgehead atoms. The highest BCUT2D eigenvalue weighted by Gasteiger charge is 2.22. The summed E-state index contributed by atoms with van der Waals surface area (Å²) in [4.78, 5) is 0. The quantitative estimate of drug-likeness (QED) is 0.808. The third-order valence-electron chi connectivity index (χ3n) is 3.83. The highest BCUT2D eigenvalue weighted by atomic mass is 35.5. The van der Waals surface area contributed by atoms with Crippen molar-refractivity contribution in [3.63, 3.8) is 0 Å². The molecule has 0 heterocycles. The fourth-order valence-electron chi connectivity index (χ4n) is 2.09. The average Bonchev–Trinajstić information content (AvgIpc) is 3.14. The molecule has 18 heavy (non-hydrogen) atoms. The van der Waals surface area contributed by atoms with Crippen LogP contribution in [0.25, 0.3) is 0 Å². The maximum atomic E-state index is 6.21. The van der Waals surface area contributed by atoms with Crippen molar-refractivity contribution in [3.8, 4) is 0 Å². The Labute approximate surface area is 120 Å². The van der Waals surface area contributed by atoms with Gasteiger partial charge < -0.3 is 5.32 Å². The maximum Gasteiger partial charge on any atom is 0.0439 e. The molecule has 0 amide bonds. The Morgan fingerprint density at radius 1 is 1.22 bits per heavy atom. The highest BCUT2D eigenvalue weighted by molar-refractivity contribution is 6.33. The normalized spacial score (nSPS) is 18.7. The minimum Gasteiger partial charge on any atom is -0.314 e. The second-order valence-electron chi connectivity index (χ2n) is 5.58. The summed E-state index contributed by atoms with van der Waals surface area (Å²) in [6.45, 7) is 5.69. The van der Waals surface area contributed by atoms with Gasteiger partial charge in [0.15, 0.2) is 0 Å². The summed E-state index contributed by atoms with van der Waals surface area (Å²) in [5.74, 6) is 1.26. The van der Waals surface area contributed by atoms with Crippen LogP contribution in [-0.2, 0) is 6.42 Å². The Morgan fingerprint density at radius 2 is 1.94 bits per heavy atom. The van der Waals surface area contributed by atoms with Gasteiger partial charge in [-0.2, -0.15) is 0 Å². The highest BCUT2D eigenvalue weighted by Crippen LogP contribution is 2.26. The Bertz CT molecular complexity index is 401. The predicted octanol–water partition coefficient (Wildman–Crippen LogP) is 4.56. The van der Waals surface area contributed by atoms with Gasteiger partial charge in [0, 0.05) is 16.1 Å². The van der Waals surface area contributed by atoms with Gasteiger partial charge in [-0.1, -0.05) is 37.0 Å². The van der Waals surface area contributed by atoms with Crippen LogP contribution in [0.5, 0.6) is 0 Å². The monoisotopic (exact) mass is 285 g/mol. The molecule has 2 rings (SSSR count). The van der Waals surface area contributed by atoms with Crippen LogP contribution in [0.2, 0.25) is 10.0 Å². The van der Waals surface area contributed by atoms with E-state index < -0.39 is 0 Å². The van der Waals surface area contributed by atoms with E-state index in [1.165, 1.54) is 12.8 Å². The zero-order valence-electron chi connectivity index (χ0n) is 11.0. The first-order valence-corrected chi connectivity index (χ1v) is 7.49. The van der Waals surface area contributed by atoms with Crippen LogP contribution in [0.15, 0.2) is 18.2 Å². The van der Waals surface area contributed by atoms with Gasteiger partial charge in [0.25, 0.3) is 0 Å². The van der Waals surface area contributed by atoms with Gasteiger partial charge in [0.2, 0.25) is 0 Å². The van der Waals surface area contributed by atoms with E-state index in [1.54, 1.807) is 0 Å². The molecule has 1 aliphatic carbocycles. The molecular formula is C15H21Cl2N. The van der Waals surface area contributed by atoms with Crippen molar-refractivity contribution in [3.05, 3.63) is 33.8 Å². The van der Waals surface area contributed by atoms with Crippen molar-refractivity contribution in [2.45, 2.75) is 39.2 Å². The zero-order chi connectivity index (χ0) is 13.1. The summed E-state index contributed by atoms with van der Waals surface area (Å²) in [5, 5.41) is 5.19. The van der Waals surface area contributed by atoms with Crippen LogP contribution in [0.1, 0.15) is 32.3 Å². The smallest absolute Gasteiger partial charge is 0.0439 e. The molecule has 2 atom stereocenters. The zero-order valence-corrected chi connectivity index (χ0v) is 12.6. The standard InChI is InChI=1S/C15H21Cl2N/c1-10(11(2)9-18-14-4-5-14)7-12-8-13(16)3-6-15(12)17/h3,6,8,10-11,14,18H,4-5,7,9H2,1-2H3. The summed E-state index contributed by atoms with van der Waals surface area (Å²) in [6, 6.07) is 6.51. The van der Waals surface area contributed by atoms with E-state index in [0.717, 1.165) is 34.6 Å². The van der Waals surface area contributed by atoms with Crippen LogP contribution in [-0.4, -0.2) is 12.6 Å². The van der Waals surface area contributed by atoms with Gasteiger partial charge in [-0.25, -0.2) is 0 Å². The van der Waals surface area contributed by atoms with Crippen LogP contribution in [0.4, 0.5) is 0 Å². The lowest BCUT2D eigenvalue weighted by molar-refractivity contribution is 0.364. The summed E-state index contributed by atoms with van der Waals surface area (Å²) < 4.78 is 0. The van der Waals surface area contributed by atoms with E-state index in [2.05, 4.69) is 19.2 Å². The molecule has 3 heteroatoms. The molecule has 1 fully saturated rings. The van der Waals surface area contributed by atoms with E-state index in [1.807, 2.05) is 18.2 Å². The van der Waals surface area contributed by atoms with Crippen LogP contribution in [0, 0.1) is 11.8 Å². The third-order valence-corrected chi connectivity index (χ3v) is 4.43. The SMILES string of the molecule is CC(CNC1CC1)C(C)Cc1cc(Cl)ccc1Cl. The molecule has 0 spiro atoms. The second kappa shape index (κ2) is 6.27. The van der Waals surface area contributed by atoms with Gasteiger partial charge in [-0.15, -0.1) is 0 Å². The van der Waals surface area contributed by atoms with Crippen molar-refractivity contribution >= 4 is 23.2 Å². The van der Waals surface area contributed by atoms with Crippen molar-refractivity contribution < 1.29 is 0 Å². The number of hydrogen-bond donors (Lipinski definition) is 1. The largest absolute Gasteiger partial charge is 0.314 e. The van der Waals surface area contributed by atoms with E-state index >= 15 is 0 Å². The molecule has 0 saturated heterocycles. The Balaban J connectivity index is 1.88. The van der Waals surface area contributed by atoms with E-state index in [-0.39, 0.29) is 0 Å². The fraction of sp³-hybridized carbons (Fsp3) is 0.600. The number of rotatable bonds is 6. The van der Waals surface area contributed by atoms with Crippen molar-refractivity contribution in [1.29, 1.82) is 0 Å². The minimum absolute atomic E-state index is 0.604. The summed E-state index contributed by atoms with van der Waals surface area (Å²) in [6.07, 6.45) is 3.69. The number of hydrogen-bond acceptors (Lipinski definition) is 1. The number of halogens is 2. The molecule has 0 aliphatic heterocycles. The van der Waals surface area contributed by atoms with Gasteiger partial charge in [-0.05, 0) is 61.4 Å². The lowest BCUT2D eigenvalue weighted by Crippen LogP contribution is -2.27. The van der Waals surface area contributed by atoms with E-state index in [0.29, 0.717) is 11.8 Å². The molecule has 1 aromatic carbocycles. The molecule has 0 aromatic heterocycles.